The molecule has 5 nitrogen and oxygen atoms in total. The number of rotatable bonds is 5. The van der Waals surface area contributed by atoms with Gasteiger partial charge in [0, 0.05) is 32.1 Å². The minimum Gasteiger partial charge on any atom is -0.466 e. The summed E-state index contributed by atoms with van der Waals surface area (Å²) in [5.41, 5.74) is 0.912. The summed E-state index contributed by atoms with van der Waals surface area (Å²) in [4.78, 5) is 18.4. The number of nitrogens with one attached hydrogen (secondary N) is 1. The number of benzene rings is 1. The fraction of sp³-hybridized carbons (Fsp3) is 0.600. The summed E-state index contributed by atoms with van der Waals surface area (Å²) in [5, 5.41) is 3.43. The molecule has 2 rings (SSSR count). The van der Waals surface area contributed by atoms with E-state index in [0.717, 1.165) is 37.5 Å². The average Bonchev–Trinajstić information content (AvgIpc) is 2.63. The summed E-state index contributed by atoms with van der Waals surface area (Å²) in [6, 6.07) is 6.63. The largest absolute Gasteiger partial charge is 0.466 e. The van der Waals surface area contributed by atoms with Crippen LogP contribution in [-0.2, 0) is 14.9 Å². The van der Waals surface area contributed by atoms with E-state index in [1.54, 1.807) is 7.05 Å². The molecule has 0 saturated carbocycles. The SMILES string of the molecule is CCOC(=O)C1CCN(C(=NC)NCC(C)(C)c2ccc(F)cc2)CC1.I. The van der Waals surface area contributed by atoms with E-state index in [2.05, 4.69) is 29.1 Å². The number of esters is 1. The summed E-state index contributed by atoms with van der Waals surface area (Å²) >= 11 is 0. The first-order valence-electron chi connectivity index (χ1n) is 9.25. The molecule has 0 radical (unpaired) electrons. The van der Waals surface area contributed by atoms with E-state index in [1.165, 1.54) is 12.1 Å². The maximum Gasteiger partial charge on any atom is 0.309 e. The molecule has 1 aliphatic rings. The zero-order chi connectivity index (χ0) is 19.2. The topological polar surface area (TPSA) is 53.9 Å². The van der Waals surface area contributed by atoms with Crippen molar-refractivity contribution in [3.8, 4) is 0 Å². The lowest BCUT2D eigenvalue weighted by atomic mass is 9.84. The van der Waals surface area contributed by atoms with Crippen LogP contribution < -0.4 is 5.32 Å². The second-order valence-electron chi connectivity index (χ2n) is 7.30. The van der Waals surface area contributed by atoms with Gasteiger partial charge in [-0.1, -0.05) is 26.0 Å². The zero-order valence-corrected chi connectivity index (χ0v) is 19.0. The third kappa shape index (κ3) is 6.62. The van der Waals surface area contributed by atoms with Crippen LogP contribution in [0.2, 0.25) is 0 Å². The summed E-state index contributed by atoms with van der Waals surface area (Å²) in [5.74, 6) is 0.507. The number of ether oxygens (including phenoxy) is 1. The molecule has 152 valence electrons. The van der Waals surface area contributed by atoms with E-state index in [1.807, 2.05) is 19.1 Å². The van der Waals surface area contributed by atoms with Gasteiger partial charge in [0.15, 0.2) is 5.96 Å². The Labute approximate surface area is 178 Å². The van der Waals surface area contributed by atoms with Crippen molar-refractivity contribution in [2.24, 2.45) is 10.9 Å². The standard InChI is InChI=1S/C20H30FN3O2.HI/c1-5-26-18(25)15-10-12-24(13-11-15)19(22-4)23-14-20(2,3)16-6-8-17(21)9-7-16;/h6-9,15H,5,10-14H2,1-4H3,(H,22,23);1H. The van der Waals surface area contributed by atoms with Crippen LogP contribution in [0, 0.1) is 11.7 Å². The molecule has 0 atom stereocenters. The maximum absolute atomic E-state index is 13.1. The molecule has 1 aliphatic heterocycles. The van der Waals surface area contributed by atoms with E-state index >= 15 is 0 Å². The van der Waals surface area contributed by atoms with Crippen LogP contribution in [0.15, 0.2) is 29.3 Å². The molecule has 27 heavy (non-hydrogen) atoms. The number of guanidine groups is 1. The number of halogens is 2. The van der Waals surface area contributed by atoms with Crippen molar-refractivity contribution in [2.45, 2.75) is 39.0 Å². The lowest BCUT2D eigenvalue weighted by molar-refractivity contribution is -0.149. The van der Waals surface area contributed by atoms with Gasteiger partial charge >= 0.3 is 5.97 Å². The third-order valence-corrected chi connectivity index (χ3v) is 4.94. The molecule has 1 aromatic rings. The predicted molar refractivity (Wildman–Crippen MR) is 117 cm³/mol. The Morgan fingerprint density at radius 3 is 2.41 bits per heavy atom. The van der Waals surface area contributed by atoms with Gasteiger partial charge in [-0.05, 0) is 37.5 Å². The predicted octanol–water partition coefficient (Wildman–Crippen LogP) is 3.57. The normalized spacial score (nSPS) is 15.9. The fourth-order valence-corrected chi connectivity index (χ4v) is 3.22. The first kappa shape index (κ1) is 23.7. The first-order valence-corrected chi connectivity index (χ1v) is 9.25. The fourth-order valence-electron chi connectivity index (χ4n) is 3.22. The number of carbonyl (C=O) groups is 1. The molecular formula is C20H31FIN3O2. The third-order valence-electron chi connectivity index (χ3n) is 4.94. The Morgan fingerprint density at radius 1 is 1.30 bits per heavy atom. The Morgan fingerprint density at radius 2 is 1.89 bits per heavy atom. The number of carbonyl (C=O) groups excluding carboxylic acids is 1. The summed E-state index contributed by atoms with van der Waals surface area (Å²) < 4.78 is 18.3. The maximum atomic E-state index is 13.1. The van der Waals surface area contributed by atoms with Crippen molar-refractivity contribution in [1.82, 2.24) is 10.2 Å². The van der Waals surface area contributed by atoms with E-state index < -0.39 is 0 Å². The van der Waals surface area contributed by atoms with Crippen molar-refractivity contribution < 1.29 is 13.9 Å². The molecule has 0 aliphatic carbocycles. The summed E-state index contributed by atoms with van der Waals surface area (Å²) in [6.45, 7) is 8.74. The van der Waals surface area contributed by atoms with Gasteiger partial charge in [-0.15, -0.1) is 24.0 Å². The molecule has 1 heterocycles. The number of aliphatic imine (C=N–C) groups is 1. The van der Waals surface area contributed by atoms with E-state index in [-0.39, 0.29) is 47.1 Å². The van der Waals surface area contributed by atoms with Gasteiger partial charge in [0.1, 0.15) is 5.82 Å². The highest BCUT2D eigenvalue weighted by Gasteiger charge is 2.28. The second kappa shape index (κ2) is 10.8. The van der Waals surface area contributed by atoms with Crippen LogP contribution in [0.1, 0.15) is 39.2 Å². The lowest BCUT2D eigenvalue weighted by Gasteiger charge is -2.35. The van der Waals surface area contributed by atoms with Gasteiger partial charge in [-0.25, -0.2) is 4.39 Å². The van der Waals surface area contributed by atoms with E-state index in [9.17, 15) is 9.18 Å². The van der Waals surface area contributed by atoms with Crippen molar-refractivity contribution in [1.29, 1.82) is 0 Å². The molecule has 0 spiro atoms. The number of hydrogen-bond donors (Lipinski definition) is 1. The van der Waals surface area contributed by atoms with Gasteiger partial charge in [-0.2, -0.15) is 0 Å². The number of nitrogens with zero attached hydrogens (tertiary/aromatic N) is 2. The molecule has 1 saturated heterocycles. The molecule has 0 unspecified atom stereocenters. The van der Waals surface area contributed by atoms with Crippen molar-refractivity contribution in [2.75, 3.05) is 33.3 Å². The highest BCUT2D eigenvalue weighted by molar-refractivity contribution is 14.0. The quantitative estimate of drug-likeness (QED) is 0.296. The van der Waals surface area contributed by atoms with Crippen LogP contribution in [0.25, 0.3) is 0 Å². The van der Waals surface area contributed by atoms with Gasteiger partial charge < -0.3 is 15.0 Å². The van der Waals surface area contributed by atoms with Gasteiger partial charge in [0.25, 0.3) is 0 Å². The smallest absolute Gasteiger partial charge is 0.309 e. The highest BCUT2D eigenvalue weighted by Crippen LogP contribution is 2.23. The molecule has 7 heteroatoms. The minimum absolute atomic E-state index is 0. The highest BCUT2D eigenvalue weighted by atomic mass is 127. The average molecular weight is 491 g/mol. The van der Waals surface area contributed by atoms with Crippen LogP contribution in [0.3, 0.4) is 0 Å². The van der Waals surface area contributed by atoms with Crippen LogP contribution in [0.4, 0.5) is 4.39 Å². The lowest BCUT2D eigenvalue weighted by Crippen LogP contribution is -2.49. The van der Waals surface area contributed by atoms with Crippen molar-refractivity contribution in [3.63, 3.8) is 0 Å². The first-order chi connectivity index (χ1) is 12.4. The number of likely N-dealkylation sites (tertiary alicyclic amines) is 1. The van der Waals surface area contributed by atoms with Crippen LogP contribution >= 0.6 is 24.0 Å². The molecule has 0 amide bonds. The van der Waals surface area contributed by atoms with Crippen molar-refractivity contribution >= 4 is 35.9 Å². The van der Waals surface area contributed by atoms with Gasteiger partial charge in [0.2, 0.25) is 0 Å². The van der Waals surface area contributed by atoms with Gasteiger partial charge in [0.05, 0.1) is 12.5 Å². The van der Waals surface area contributed by atoms with Gasteiger partial charge in [-0.3, -0.25) is 9.79 Å². The Hall–Kier alpha value is -1.38. The second-order valence-corrected chi connectivity index (χ2v) is 7.30. The number of hydrogen-bond acceptors (Lipinski definition) is 3. The monoisotopic (exact) mass is 491 g/mol. The van der Waals surface area contributed by atoms with Crippen molar-refractivity contribution in [3.05, 3.63) is 35.6 Å². The Kier molecular flexibility index (Phi) is 9.49. The molecule has 1 aromatic carbocycles. The van der Waals surface area contributed by atoms with E-state index in [4.69, 9.17) is 4.74 Å². The number of piperidine rings is 1. The molecule has 1 fully saturated rings. The molecule has 0 bridgehead atoms. The van der Waals surface area contributed by atoms with Crippen LogP contribution in [0.5, 0.6) is 0 Å². The minimum atomic E-state index is -0.224. The molecular weight excluding hydrogens is 460 g/mol. The Balaban J connectivity index is 0.00000364. The van der Waals surface area contributed by atoms with E-state index in [0.29, 0.717) is 13.2 Å². The molecule has 0 aromatic heterocycles. The summed E-state index contributed by atoms with van der Waals surface area (Å²) in [7, 11) is 1.77. The summed E-state index contributed by atoms with van der Waals surface area (Å²) in [6.07, 6.45) is 1.56. The van der Waals surface area contributed by atoms with Crippen LogP contribution in [-0.4, -0.2) is 50.1 Å². The zero-order valence-electron chi connectivity index (χ0n) is 16.6. The Bertz CT molecular complexity index is 627. The molecule has 1 N–H and O–H groups in total.